The smallest absolute Gasteiger partial charge is 0.143 e. The molecule has 1 aliphatic rings. The van der Waals surface area contributed by atoms with Crippen LogP contribution in [0.25, 0.3) is 76.9 Å². The molecule has 0 spiro atoms. The number of nitrogens with zero attached hydrogens (tertiary/aromatic N) is 2. The lowest BCUT2D eigenvalue weighted by Crippen LogP contribution is -2.46. The second-order valence-corrected chi connectivity index (χ2v) is 13.6. The van der Waals surface area contributed by atoms with Gasteiger partial charge in [-0.25, -0.2) is 4.99 Å². The maximum Gasteiger partial charge on any atom is 0.143 e. The number of nitrogens with one attached hydrogen (secondary N) is 1. The van der Waals surface area contributed by atoms with Gasteiger partial charge in [0.2, 0.25) is 0 Å². The predicted molar refractivity (Wildman–Crippen MR) is 210 cm³/mol. The third kappa shape index (κ3) is 4.38. The average Bonchev–Trinajstić information content (AvgIpc) is 3.89. The molecule has 0 bridgehead atoms. The summed E-state index contributed by atoms with van der Waals surface area (Å²) in [5, 5.41) is 10.4. The van der Waals surface area contributed by atoms with E-state index in [1.807, 2.05) is 36.4 Å². The summed E-state index contributed by atoms with van der Waals surface area (Å²) >= 11 is 0. The van der Waals surface area contributed by atoms with Gasteiger partial charge in [0.15, 0.2) is 0 Å². The maximum absolute atomic E-state index is 6.65. The molecular formula is C46H31N3O3. The molecule has 7 aromatic carbocycles. The lowest BCUT2D eigenvalue weighted by Gasteiger charge is -2.39. The number of fused-ring (bicyclic) bond motifs is 9. The summed E-state index contributed by atoms with van der Waals surface area (Å²) in [6, 6.07) is 52.4. The van der Waals surface area contributed by atoms with E-state index in [9.17, 15) is 0 Å². The summed E-state index contributed by atoms with van der Waals surface area (Å²) in [5.74, 6) is 0.840. The molecule has 0 radical (unpaired) electrons. The molecule has 0 aliphatic carbocycles. The molecule has 1 N–H and O–H groups in total. The zero-order valence-electron chi connectivity index (χ0n) is 28.2. The minimum atomic E-state index is -0.284. The van der Waals surface area contributed by atoms with Gasteiger partial charge in [-0.1, -0.05) is 115 Å². The van der Waals surface area contributed by atoms with Gasteiger partial charge in [-0.05, 0) is 54.6 Å². The summed E-state index contributed by atoms with van der Waals surface area (Å²) in [6.07, 6.45) is -0.467. The van der Waals surface area contributed by atoms with Crippen molar-refractivity contribution in [2.24, 2.45) is 4.99 Å². The van der Waals surface area contributed by atoms with Gasteiger partial charge in [0.25, 0.3) is 0 Å². The first-order valence-electron chi connectivity index (χ1n) is 17.6. The highest BCUT2D eigenvalue weighted by atomic mass is 16.3. The largest absolute Gasteiger partial charge is 0.456 e. The van der Waals surface area contributed by atoms with Crippen molar-refractivity contribution < 1.29 is 13.3 Å². The highest BCUT2D eigenvalue weighted by Crippen LogP contribution is 2.42. The van der Waals surface area contributed by atoms with Crippen molar-refractivity contribution in [1.29, 1.82) is 0 Å². The number of hydrogen-bond donors (Lipinski definition) is 1. The van der Waals surface area contributed by atoms with Crippen molar-refractivity contribution in [2.75, 3.05) is 7.05 Å². The van der Waals surface area contributed by atoms with E-state index in [4.69, 9.17) is 18.2 Å². The van der Waals surface area contributed by atoms with Gasteiger partial charge in [0, 0.05) is 49.0 Å². The van der Waals surface area contributed by atoms with Crippen LogP contribution >= 0.6 is 0 Å². The molecule has 248 valence electrons. The lowest BCUT2D eigenvalue weighted by molar-refractivity contribution is 0.153. The van der Waals surface area contributed by atoms with E-state index in [-0.39, 0.29) is 12.3 Å². The number of furan rings is 3. The molecule has 1 aliphatic heterocycles. The molecule has 6 heteroatoms. The Morgan fingerprint density at radius 2 is 1.17 bits per heavy atom. The molecule has 3 aromatic heterocycles. The normalized spacial score (nSPS) is 16.8. The first-order valence-corrected chi connectivity index (χ1v) is 17.6. The molecule has 4 heterocycles. The van der Waals surface area contributed by atoms with Crippen molar-refractivity contribution in [3.63, 3.8) is 0 Å². The summed E-state index contributed by atoms with van der Waals surface area (Å²) in [4.78, 5) is 7.62. The molecule has 0 amide bonds. The van der Waals surface area contributed by atoms with Crippen molar-refractivity contribution >= 4 is 71.7 Å². The first-order chi connectivity index (χ1) is 25.7. The van der Waals surface area contributed by atoms with Crippen LogP contribution in [0.2, 0.25) is 0 Å². The standard InChI is InChI=1S/C46H31N3O3/c1-49-45(47-44(27-11-3-2-4-12-27)48-46(49)36-17-10-20-39-42(36)35-14-6-8-19-38(35)50-39)29-22-24-33-32-23-21-28(25-40(32)51-41(33)26-29)30-15-9-16-34-31-13-5-7-18-37(31)52-43(30)34/h2-26,45-46H,1H3,(H,47,48). The van der Waals surface area contributed by atoms with Crippen molar-refractivity contribution in [2.45, 2.75) is 12.3 Å². The quantitative estimate of drug-likeness (QED) is 0.201. The average molecular weight is 674 g/mol. The third-order valence-electron chi connectivity index (χ3n) is 10.6. The zero-order valence-corrected chi connectivity index (χ0v) is 28.2. The number of para-hydroxylation sites is 3. The van der Waals surface area contributed by atoms with E-state index in [1.165, 1.54) is 0 Å². The fourth-order valence-corrected chi connectivity index (χ4v) is 8.11. The molecule has 2 unspecified atom stereocenters. The van der Waals surface area contributed by atoms with Gasteiger partial charge in [-0.15, -0.1) is 0 Å². The van der Waals surface area contributed by atoms with Gasteiger partial charge in [0.05, 0.1) is 0 Å². The number of rotatable bonds is 4. The monoisotopic (exact) mass is 673 g/mol. The number of aliphatic imine (C=N–C) groups is 1. The number of amidine groups is 1. The number of hydrogen-bond acceptors (Lipinski definition) is 6. The molecular weight excluding hydrogens is 643 g/mol. The SMILES string of the molecule is CN1C(c2ccc3c(c2)oc2cc(-c4cccc5c4oc4ccccc45)ccc23)N=C(c2ccccc2)NC1c1cccc2oc3ccccc3c12. The third-order valence-corrected chi connectivity index (χ3v) is 10.6. The van der Waals surface area contributed by atoms with E-state index in [1.54, 1.807) is 0 Å². The summed E-state index contributed by atoms with van der Waals surface area (Å²) in [7, 11) is 2.13. The Hall–Kier alpha value is -6.63. The van der Waals surface area contributed by atoms with Crippen LogP contribution in [0.3, 0.4) is 0 Å². The molecule has 6 nitrogen and oxygen atoms in total. The van der Waals surface area contributed by atoms with Crippen LogP contribution in [0.4, 0.5) is 0 Å². The topological polar surface area (TPSA) is 67.1 Å². The van der Waals surface area contributed by atoms with Crippen LogP contribution in [-0.4, -0.2) is 17.8 Å². The fraction of sp³-hybridized carbons (Fsp3) is 0.0652. The Labute approximate surface area is 298 Å². The summed E-state index contributed by atoms with van der Waals surface area (Å²) in [6.45, 7) is 0. The second kappa shape index (κ2) is 11.2. The van der Waals surface area contributed by atoms with Crippen molar-refractivity contribution in [3.8, 4) is 11.1 Å². The molecule has 0 saturated carbocycles. The minimum Gasteiger partial charge on any atom is -0.456 e. The highest BCUT2D eigenvalue weighted by Gasteiger charge is 2.33. The van der Waals surface area contributed by atoms with Crippen LogP contribution in [0.1, 0.15) is 29.0 Å². The van der Waals surface area contributed by atoms with Crippen LogP contribution in [0.15, 0.2) is 170 Å². The Bertz CT molecular complexity index is 3040. The number of benzene rings is 7. The maximum atomic E-state index is 6.65. The molecule has 0 fully saturated rings. The van der Waals surface area contributed by atoms with E-state index in [2.05, 4.69) is 133 Å². The van der Waals surface area contributed by atoms with Crippen LogP contribution < -0.4 is 5.32 Å². The lowest BCUT2D eigenvalue weighted by atomic mass is 9.99. The Balaban J connectivity index is 1.03. The van der Waals surface area contributed by atoms with Crippen LogP contribution in [0.5, 0.6) is 0 Å². The summed E-state index contributed by atoms with van der Waals surface area (Å²) < 4.78 is 19.3. The van der Waals surface area contributed by atoms with Gasteiger partial charge >= 0.3 is 0 Å². The van der Waals surface area contributed by atoms with Gasteiger partial charge in [0.1, 0.15) is 51.7 Å². The highest BCUT2D eigenvalue weighted by molar-refractivity contribution is 6.11. The Morgan fingerprint density at radius 1 is 0.519 bits per heavy atom. The molecule has 2 atom stereocenters. The first kappa shape index (κ1) is 29.1. The summed E-state index contributed by atoms with van der Waals surface area (Å²) in [5.41, 5.74) is 10.5. The predicted octanol–water partition coefficient (Wildman–Crippen LogP) is 11.7. The van der Waals surface area contributed by atoms with E-state index in [0.29, 0.717) is 0 Å². The van der Waals surface area contributed by atoms with Crippen molar-refractivity contribution in [3.05, 3.63) is 168 Å². The van der Waals surface area contributed by atoms with E-state index >= 15 is 0 Å². The Morgan fingerprint density at radius 3 is 2.04 bits per heavy atom. The van der Waals surface area contributed by atoms with Crippen molar-refractivity contribution in [1.82, 2.24) is 10.2 Å². The zero-order chi connectivity index (χ0) is 34.3. The molecule has 11 rings (SSSR count). The van der Waals surface area contributed by atoms with E-state index < -0.39 is 0 Å². The van der Waals surface area contributed by atoms with Crippen LogP contribution in [-0.2, 0) is 0 Å². The van der Waals surface area contributed by atoms with Gasteiger partial charge in [-0.2, -0.15) is 0 Å². The Kier molecular flexibility index (Phi) is 6.27. The van der Waals surface area contributed by atoms with Gasteiger partial charge < -0.3 is 18.6 Å². The van der Waals surface area contributed by atoms with Gasteiger partial charge in [-0.3, -0.25) is 4.90 Å². The second-order valence-electron chi connectivity index (χ2n) is 13.6. The fourth-order valence-electron chi connectivity index (χ4n) is 8.11. The van der Waals surface area contributed by atoms with E-state index in [0.717, 1.165) is 99.5 Å². The minimum absolute atomic E-state index is 0.183. The van der Waals surface area contributed by atoms with Crippen LogP contribution in [0, 0.1) is 0 Å². The molecule has 10 aromatic rings. The molecule has 52 heavy (non-hydrogen) atoms. The molecule has 0 saturated heterocycles.